The molecule has 2 heterocycles. The summed E-state index contributed by atoms with van der Waals surface area (Å²) in [6.07, 6.45) is 2.85. The van der Waals surface area contributed by atoms with Gasteiger partial charge in [0.25, 0.3) is 0 Å². The Hall–Kier alpha value is -3.46. The Morgan fingerprint density at radius 2 is 1.93 bits per heavy atom. The Kier molecular flexibility index (Phi) is 5.13. The van der Waals surface area contributed by atoms with Crippen LogP contribution in [0.3, 0.4) is 0 Å². The highest BCUT2D eigenvalue weighted by Crippen LogP contribution is 2.34. The van der Waals surface area contributed by atoms with Crippen molar-refractivity contribution < 1.29 is 22.0 Å². The molecular weight excluding hydrogens is 409 g/mol. The summed E-state index contributed by atoms with van der Waals surface area (Å²) in [6.45, 7) is 0. The molecule has 1 atom stereocenters. The number of benzene rings is 2. The molecule has 0 saturated carbocycles. The van der Waals surface area contributed by atoms with E-state index in [0.29, 0.717) is 23.4 Å². The van der Waals surface area contributed by atoms with Crippen LogP contribution in [0.5, 0.6) is 0 Å². The average Bonchev–Trinajstić information content (AvgIpc) is 3.37. The van der Waals surface area contributed by atoms with E-state index in [-0.39, 0.29) is 11.6 Å². The standard InChI is InChI=1S/C21H18FN3O4S/c1-30(27,28)24-17-5-2-4-15(12-17)18-13-19(14-7-9-16(22)10-8-14)25(23-18)21(26)20-6-3-11-29-20/h2-12,19,24H,13H2,1H3/t19-/m1/s1. The first-order chi connectivity index (χ1) is 14.3. The van der Waals surface area contributed by atoms with Crippen molar-refractivity contribution >= 4 is 27.3 Å². The van der Waals surface area contributed by atoms with Crippen molar-refractivity contribution in [2.45, 2.75) is 12.5 Å². The molecule has 0 aliphatic carbocycles. The highest BCUT2D eigenvalue weighted by molar-refractivity contribution is 7.92. The van der Waals surface area contributed by atoms with E-state index in [9.17, 15) is 17.6 Å². The minimum atomic E-state index is -3.43. The van der Waals surface area contributed by atoms with Gasteiger partial charge in [-0.05, 0) is 47.5 Å². The SMILES string of the molecule is CS(=O)(=O)Nc1cccc(C2=NN(C(=O)c3ccco3)[C@@H](c3ccc(F)cc3)C2)c1. The molecule has 1 aromatic heterocycles. The Morgan fingerprint density at radius 3 is 2.60 bits per heavy atom. The van der Waals surface area contributed by atoms with Gasteiger partial charge in [-0.1, -0.05) is 24.3 Å². The lowest BCUT2D eigenvalue weighted by Gasteiger charge is -2.21. The molecule has 3 aromatic rings. The number of nitrogens with zero attached hydrogens (tertiary/aromatic N) is 2. The van der Waals surface area contributed by atoms with Crippen LogP contribution >= 0.6 is 0 Å². The number of amides is 1. The van der Waals surface area contributed by atoms with Gasteiger partial charge < -0.3 is 4.42 Å². The lowest BCUT2D eigenvalue weighted by Crippen LogP contribution is -2.26. The third kappa shape index (κ3) is 4.25. The van der Waals surface area contributed by atoms with Gasteiger partial charge in [0.15, 0.2) is 5.76 Å². The van der Waals surface area contributed by atoms with Crippen molar-refractivity contribution in [3.05, 3.63) is 89.6 Å². The van der Waals surface area contributed by atoms with Crippen LogP contribution in [0, 0.1) is 5.82 Å². The van der Waals surface area contributed by atoms with Crippen molar-refractivity contribution in [1.29, 1.82) is 0 Å². The van der Waals surface area contributed by atoms with E-state index in [4.69, 9.17) is 4.42 Å². The number of carbonyl (C=O) groups excluding carboxylic acids is 1. The molecule has 1 amide bonds. The first-order valence-corrected chi connectivity index (χ1v) is 11.0. The summed E-state index contributed by atoms with van der Waals surface area (Å²) in [4.78, 5) is 12.9. The Balaban J connectivity index is 1.70. The van der Waals surface area contributed by atoms with E-state index in [1.165, 1.54) is 23.4 Å². The maximum absolute atomic E-state index is 13.4. The molecule has 4 rings (SSSR count). The second kappa shape index (κ2) is 7.75. The van der Waals surface area contributed by atoms with E-state index in [1.807, 2.05) is 0 Å². The van der Waals surface area contributed by atoms with E-state index < -0.39 is 22.0 Å². The highest BCUT2D eigenvalue weighted by atomic mass is 32.2. The first-order valence-electron chi connectivity index (χ1n) is 9.08. The monoisotopic (exact) mass is 427 g/mol. The molecule has 0 fully saturated rings. The zero-order chi connectivity index (χ0) is 21.3. The van der Waals surface area contributed by atoms with E-state index in [1.54, 1.807) is 48.5 Å². The molecule has 0 bridgehead atoms. The smallest absolute Gasteiger partial charge is 0.310 e. The van der Waals surface area contributed by atoms with Crippen LogP contribution in [0.4, 0.5) is 10.1 Å². The van der Waals surface area contributed by atoms with Crippen molar-refractivity contribution in [3.63, 3.8) is 0 Å². The Labute approximate surface area is 172 Å². The van der Waals surface area contributed by atoms with Crippen LogP contribution in [-0.2, 0) is 10.0 Å². The molecule has 2 aromatic carbocycles. The molecule has 1 N–H and O–H groups in total. The number of carbonyl (C=O) groups is 1. The lowest BCUT2D eigenvalue weighted by molar-refractivity contribution is 0.0678. The van der Waals surface area contributed by atoms with Gasteiger partial charge in [-0.15, -0.1) is 0 Å². The quantitative estimate of drug-likeness (QED) is 0.671. The number of furan rings is 1. The third-order valence-electron chi connectivity index (χ3n) is 4.60. The van der Waals surface area contributed by atoms with Crippen LogP contribution in [0.1, 0.15) is 34.1 Å². The summed E-state index contributed by atoms with van der Waals surface area (Å²) < 4.78 is 44.1. The Morgan fingerprint density at radius 1 is 1.17 bits per heavy atom. The summed E-state index contributed by atoms with van der Waals surface area (Å²) in [7, 11) is -3.43. The summed E-state index contributed by atoms with van der Waals surface area (Å²) in [5, 5.41) is 5.82. The normalized spacial score (nSPS) is 16.4. The molecule has 1 aliphatic rings. The number of sulfonamides is 1. The first kappa shape index (κ1) is 19.8. The zero-order valence-electron chi connectivity index (χ0n) is 15.9. The molecule has 0 radical (unpaired) electrons. The predicted molar refractivity (Wildman–Crippen MR) is 110 cm³/mol. The summed E-state index contributed by atoms with van der Waals surface area (Å²) >= 11 is 0. The fourth-order valence-corrected chi connectivity index (χ4v) is 3.86. The summed E-state index contributed by atoms with van der Waals surface area (Å²) in [6, 6.07) is 15.4. The number of anilines is 1. The minimum Gasteiger partial charge on any atom is -0.459 e. The van der Waals surface area contributed by atoms with Gasteiger partial charge >= 0.3 is 5.91 Å². The largest absolute Gasteiger partial charge is 0.459 e. The zero-order valence-corrected chi connectivity index (χ0v) is 16.8. The number of rotatable bonds is 5. The van der Waals surface area contributed by atoms with Crippen LogP contribution in [0.25, 0.3) is 0 Å². The van der Waals surface area contributed by atoms with Crippen molar-refractivity contribution in [3.8, 4) is 0 Å². The maximum Gasteiger partial charge on any atom is 0.310 e. The van der Waals surface area contributed by atoms with Gasteiger partial charge in [-0.25, -0.2) is 17.8 Å². The van der Waals surface area contributed by atoms with Gasteiger partial charge in [0.05, 0.1) is 24.3 Å². The molecule has 154 valence electrons. The highest BCUT2D eigenvalue weighted by Gasteiger charge is 2.34. The van der Waals surface area contributed by atoms with Crippen LogP contribution < -0.4 is 4.72 Å². The fourth-order valence-electron chi connectivity index (χ4n) is 3.31. The van der Waals surface area contributed by atoms with Gasteiger partial charge in [-0.3, -0.25) is 9.52 Å². The summed E-state index contributed by atoms with van der Waals surface area (Å²) in [5.41, 5.74) is 2.39. The number of nitrogens with one attached hydrogen (secondary N) is 1. The van der Waals surface area contributed by atoms with Crippen LogP contribution in [-0.4, -0.2) is 31.3 Å². The Bertz CT molecular complexity index is 1210. The fraction of sp³-hybridized carbons (Fsp3) is 0.143. The second-order valence-corrected chi connectivity index (χ2v) is 8.65. The molecule has 0 unspecified atom stereocenters. The average molecular weight is 427 g/mol. The number of halogens is 1. The van der Waals surface area contributed by atoms with Crippen LogP contribution in [0.2, 0.25) is 0 Å². The van der Waals surface area contributed by atoms with E-state index >= 15 is 0 Å². The summed E-state index contributed by atoms with van der Waals surface area (Å²) in [5.74, 6) is -0.657. The number of hydrogen-bond donors (Lipinski definition) is 1. The van der Waals surface area contributed by atoms with Gasteiger partial charge in [0.1, 0.15) is 5.82 Å². The molecule has 7 nitrogen and oxygen atoms in total. The second-order valence-electron chi connectivity index (χ2n) is 6.90. The lowest BCUT2D eigenvalue weighted by atomic mass is 9.98. The minimum absolute atomic E-state index is 0.139. The van der Waals surface area contributed by atoms with Gasteiger partial charge in [0, 0.05) is 12.1 Å². The molecule has 0 spiro atoms. The molecule has 0 saturated heterocycles. The van der Waals surface area contributed by atoms with Crippen molar-refractivity contribution in [1.82, 2.24) is 5.01 Å². The molecular formula is C21H18FN3O4S. The van der Waals surface area contributed by atoms with Crippen molar-refractivity contribution in [2.75, 3.05) is 11.0 Å². The van der Waals surface area contributed by atoms with Gasteiger partial charge in [0.2, 0.25) is 10.0 Å². The molecule has 9 heteroatoms. The maximum atomic E-state index is 13.4. The topological polar surface area (TPSA) is 92.0 Å². The van der Waals surface area contributed by atoms with Crippen LogP contribution in [0.15, 0.2) is 76.4 Å². The van der Waals surface area contributed by atoms with E-state index in [2.05, 4.69) is 9.82 Å². The predicted octanol–water partition coefficient (Wildman–Crippen LogP) is 3.78. The molecule has 30 heavy (non-hydrogen) atoms. The van der Waals surface area contributed by atoms with Crippen molar-refractivity contribution in [2.24, 2.45) is 5.10 Å². The van der Waals surface area contributed by atoms with E-state index in [0.717, 1.165) is 11.8 Å². The molecule has 1 aliphatic heterocycles. The third-order valence-corrected chi connectivity index (χ3v) is 5.21. The van der Waals surface area contributed by atoms with Gasteiger partial charge in [-0.2, -0.15) is 5.10 Å². The number of hydrazone groups is 1. The number of hydrogen-bond acceptors (Lipinski definition) is 5.